The van der Waals surface area contributed by atoms with E-state index in [1.807, 2.05) is 19.1 Å². The highest BCUT2D eigenvalue weighted by atomic mass is 15.0. The molecule has 0 bridgehead atoms. The number of benzene rings is 1. The molecule has 2 N–H and O–H groups in total. The summed E-state index contributed by atoms with van der Waals surface area (Å²) in [6.45, 7) is 12.2. The summed E-state index contributed by atoms with van der Waals surface area (Å²) < 4.78 is 0. The van der Waals surface area contributed by atoms with E-state index in [-0.39, 0.29) is 5.41 Å². The van der Waals surface area contributed by atoms with E-state index in [1.54, 1.807) is 6.08 Å². The van der Waals surface area contributed by atoms with Crippen LogP contribution in [0.15, 0.2) is 30.8 Å². The van der Waals surface area contributed by atoms with E-state index in [1.165, 1.54) is 5.56 Å². The Balaban J connectivity index is 2.45. The van der Waals surface area contributed by atoms with Crippen LogP contribution in [-0.4, -0.2) is 9.97 Å². The van der Waals surface area contributed by atoms with Gasteiger partial charge in [-0.3, -0.25) is 0 Å². The second kappa shape index (κ2) is 5.08. The number of aromatic nitrogens is 2. The van der Waals surface area contributed by atoms with Gasteiger partial charge in [-0.25, -0.2) is 9.97 Å². The van der Waals surface area contributed by atoms with Crippen molar-refractivity contribution in [2.45, 2.75) is 33.1 Å². The van der Waals surface area contributed by atoms with Gasteiger partial charge in [-0.1, -0.05) is 57.7 Å². The van der Waals surface area contributed by atoms with Gasteiger partial charge in [0.1, 0.15) is 5.82 Å². The standard InChI is InChI=1S/C17H21N3/c1-6-14-11(2)19-16(20-15(14)18)12-7-9-13(10-8-12)17(3,4)5/h6-10H,1H2,2-5H3,(H2,18,19,20). The molecule has 1 heterocycles. The number of anilines is 1. The average Bonchev–Trinajstić information content (AvgIpc) is 2.37. The summed E-state index contributed by atoms with van der Waals surface area (Å²) in [5, 5.41) is 0. The zero-order valence-corrected chi connectivity index (χ0v) is 12.6. The van der Waals surface area contributed by atoms with Gasteiger partial charge in [0.05, 0.1) is 5.69 Å². The van der Waals surface area contributed by atoms with Gasteiger partial charge in [0.2, 0.25) is 0 Å². The fourth-order valence-electron chi connectivity index (χ4n) is 2.10. The van der Waals surface area contributed by atoms with Gasteiger partial charge in [0, 0.05) is 11.1 Å². The molecule has 3 nitrogen and oxygen atoms in total. The topological polar surface area (TPSA) is 51.8 Å². The first-order valence-corrected chi connectivity index (χ1v) is 6.70. The Morgan fingerprint density at radius 1 is 1.10 bits per heavy atom. The Hall–Kier alpha value is -2.16. The molecule has 20 heavy (non-hydrogen) atoms. The van der Waals surface area contributed by atoms with Crippen LogP contribution in [0.2, 0.25) is 0 Å². The van der Waals surface area contributed by atoms with Crippen LogP contribution in [0.5, 0.6) is 0 Å². The minimum atomic E-state index is 0.140. The SMILES string of the molecule is C=Cc1c(C)nc(-c2ccc(C(C)(C)C)cc2)nc1N. The van der Waals surface area contributed by atoms with Crippen molar-refractivity contribution < 1.29 is 0 Å². The molecule has 1 aromatic heterocycles. The minimum Gasteiger partial charge on any atom is -0.383 e. The highest BCUT2D eigenvalue weighted by molar-refractivity contribution is 5.66. The smallest absolute Gasteiger partial charge is 0.161 e. The maximum Gasteiger partial charge on any atom is 0.161 e. The number of nitrogen functional groups attached to an aromatic ring is 1. The van der Waals surface area contributed by atoms with Crippen molar-refractivity contribution in [2.24, 2.45) is 0 Å². The maximum atomic E-state index is 5.95. The molecule has 0 aliphatic rings. The minimum absolute atomic E-state index is 0.140. The van der Waals surface area contributed by atoms with Crippen LogP contribution in [-0.2, 0) is 5.41 Å². The van der Waals surface area contributed by atoms with E-state index in [0.29, 0.717) is 11.6 Å². The highest BCUT2D eigenvalue weighted by Gasteiger charge is 2.14. The number of rotatable bonds is 2. The molecule has 0 saturated heterocycles. The molecule has 0 atom stereocenters. The average molecular weight is 267 g/mol. The summed E-state index contributed by atoms with van der Waals surface area (Å²) in [7, 11) is 0. The molecule has 0 saturated carbocycles. The predicted octanol–water partition coefficient (Wildman–Crippen LogP) is 3.97. The zero-order valence-electron chi connectivity index (χ0n) is 12.6. The van der Waals surface area contributed by atoms with Crippen molar-refractivity contribution in [3.63, 3.8) is 0 Å². The summed E-state index contributed by atoms with van der Waals surface area (Å²) in [6, 6.07) is 8.32. The molecule has 0 aliphatic heterocycles. The van der Waals surface area contributed by atoms with E-state index in [4.69, 9.17) is 5.73 Å². The first kappa shape index (κ1) is 14.3. The quantitative estimate of drug-likeness (QED) is 0.895. The lowest BCUT2D eigenvalue weighted by molar-refractivity contribution is 0.590. The van der Waals surface area contributed by atoms with Gasteiger partial charge in [-0.15, -0.1) is 0 Å². The van der Waals surface area contributed by atoms with Crippen molar-refractivity contribution in [1.82, 2.24) is 9.97 Å². The Bertz CT molecular complexity index is 611. The number of hydrogen-bond acceptors (Lipinski definition) is 3. The van der Waals surface area contributed by atoms with Crippen molar-refractivity contribution in [3.8, 4) is 11.4 Å². The highest BCUT2D eigenvalue weighted by Crippen LogP contribution is 2.26. The Morgan fingerprint density at radius 3 is 2.15 bits per heavy atom. The van der Waals surface area contributed by atoms with Crippen LogP contribution < -0.4 is 5.73 Å². The summed E-state index contributed by atoms with van der Waals surface area (Å²) in [4.78, 5) is 8.87. The van der Waals surface area contributed by atoms with Crippen LogP contribution >= 0.6 is 0 Å². The molecule has 3 heteroatoms. The molecular weight excluding hydrogens is 246 g/mol. The fourth-order valence-corrected chi connectivity index (χ4v) is 2.10. The van der Waals surface area contributed by atoms with Gasteiger partial charge in [0.25, 0.3) is 0 Å². The summed E-state index contributed by atoms with van der Waals surface area (Å²) in [5.41, 5.74) is 10.0. The molecule has 2 rings (SSSR count). The summed E-state index contributed by atoms with van der Waals surface area (Å²) >= 11 is 0. The summed E-state index contributed by atoms with van der Waals surface area (Å²) in [6.07, 6.45) is 1.69. The lowest BCUT2D eigenvalue weighted by Crippen LogP contribution is -2.10. The van der Waals surface area contributed by atoms with Crippen LogP contribution in [0.1, 0.15) is 37.6 Å². The van der Waals surface area contributed by atoms with E-state index >= 15 is 0 Å². The Kier molecular flexibility index (Phi) is 3.62. The molecule has 0 radical (unpaired) electrons. The molecular formula is C17H21N3. The van der Waals surface area contributed by atoms with Crippen molar-refractivity contribution in [3.05, 3.63) is 47.7 Å². The number of hydrogen-bond donors (Lipinski definition) is 1. The van der Waals surface area contributed by atoms with Gasteiger partial charge in [0.15, 0.2) is 5.82 Å². The molecule has 0 unspecified atom stereocenters. The molecule has 0 fully saturated rings. The van der Waals surface area contributed by atoms with Gasteiger partial charge in [-0.05, 0) is 17.9 Å². The Labute approximate surface area is 120 Å². The van der Waals surface area contributed by atoms with Crippen molar-refractivity contribution in [1.29, 1.82) is 0 Å². The number of aryl methyl sites for hydroxylation is 1. The van der Waals surface area contributed by atoms with Crippen LogP contribution in [0, 0.1) is 6.92 Å². The molecule has 1 aromatic carbocycles. The first-order chi connectivity index (χ1) is 9.32. The van der Waals surface area contributed by atoms with E-state index < -0.39 is 0 Å². The lowest BCUT2D eigenvalue weighted by atomic mass is 9.86. The van der Waals surface area contributed by atoms with E-state index in [2.05, 4.69) is 49.5 Å². The predicted molar refractivity (Wildman–Crippen MR) is 85.4 cm³/mol. The van der Waals surface area contributed by atoms with Crippen molar-refractivity contribution >= 4 is 11.9 Å². The molecule has 0 amide bonds. The first-order valence-electron chi connectivity index (χ1n) is 6.70. The third-order valence-corrected chi connectivity index (χ3v) is 3.38. The monoisotopic (exact) mass is 267 g/mol. The maximum absolute atomic E-state index is 5.95. The lowest BCUT2D eigenvalue weighted by Gasteiger charge is -2.19. The second-order valence-corrected chi connectivity index (χ2v) is 5.96. The number of nitrogens with two attached hydrogens (primary N) is 1. The van der Waals surface area contributed by atoms with E-state index in [9.17, 15) is 0 Å². The fraction of sp³-hybridized carbons (Fsp3) is 0.294. The summed E-state index contributed by atoms with van der Waals surface area (Å²) in [5.74, 6) is 1.13. The van der Waals surface area contributed by atoms with Crippen LogP contribution in [0.4, 0.5) is 5.82 Å². The third-order valence-electron chi connectivity index (χ3n) is 3.38. The zero-order chi connectivity index (χ0) is 14.9. The number of nitrogens with zero attached hydrogens (tertiary/aromatic N) is 2. The molecule has 2 aromatic rings. The van der Waals surface area contributed by atoms with Crippen LogP contribution in [0.3, 0.4) is 0 Å². The normalized spacial score (nSPS) is 11.4. The molecule has 104 valence electrons. The molecule has 0 aliphatic carbocycles. The largest absolute Gasteiger partial charge is 0.383 e. The molecule has 0 spiro atoms. The van der Waals surface area contributed by atoms with Gasteiger partial charge in [-0.2, -0.15) is 0 Å². The van der Waals surface area contributed by atoms with Gasteiger partial charge >= 0.3 is 0 Å². The van der Waals surface area contributed by atoms with E-state index in [0.717, 1.165) is 16.8 Å². The van der Waals surface area contributed by atoms with Crippen molar-refractivity contribution in [2.75, 3.05) is 5.73 Å². The Morgan fingerprint density at radius 2 is 1.70 bits per heavy atom. The van der Waals surface area contributed by atoms with Gasteiger partial charge < -0.3 is 5.73 Å². The third kappa shape index (κ3) is 2.72. The van der Waals surface area contributed by atoms with Crippen LogP contribution in [0.25, 0.3) is 17.5 Å². The second-order valence-electron chi connectivity index (χ2n) is 5.96.